The van der Waals surface area contributed by atoms with Gasteiger partial charge < -0.3 is 10.1 Å². The molecule has 1 heterocycles. The molecule has 1 aliphatic rings. The number of rotatable bonds is 4. The number of carboxylic acid groups (broad SMARTS) is 1. The van der Waals surface area contributed by atoms with Gasteiger partial charge in [-0.05, 0) is 42.7 Å². The lowest BCUT2D eigenvalue weighted by Crippen LogP contribution is -2.14. The molecule has 0 radical (unpaired) electrons. The maximum Gasteiger partial charge on any atom is 0.303 e. The zero-order chi connectivity index (χ0) is 13.2. The third-order valence-electron chi connectivity index (χ3n) is 4.41. The van der Waals surface area contributed by atoms with Gasteiger partial charge in [0.15, 0.2) is 0 Å². The van der Waals surface area contributed by atoms with Crippen molar-refractivity contribution in [3.63, 3.8) is 0 Å². The number of carboxylic acids is 1. The number of H-pyrrole nitrogens is 1. The van der Waals surface area contributed by atoms with Crippen LogP contribution in [0.1, 0.15) is 31.2 Å². The Labute approximate surface area is 112 Å². The maximum atomic E-state index is 10.9. The average Bonchev–Trinajstić information content (AvgIpc) is 2.98. The van der Waals surface area contributed by atoms with Gasteiger partial charge in [-0.25, -0.2) is 0 Å². The van der Waals surface area contributed by atoms with Crippen molar-refractivity contribution in [1.82, 2.24) is 4.98 Å². The molecule has 1 saturated carbocycles. The molecule has 0 bridgehead atoms. The van der Waals surface area contributed by atoms with E-state index in [1.165, 1.54) is 22.9 Å². The molecule has 3 heteroatoms. The summed E-state index contributed by atoms with van der Waals surface area (Å²) in [4.78, 5) is 14.2. The van der Waals surface area contributed by atoms with E-state index in [2.05, 4.69) is 29.4 Å². The number of benzene rings is 1. The third-order valence-corrected chi connectivity index (χ3v) is 4.41. The summed E-state index contributed by atoms with van der Waals surface area (Å²) < 4.78 is 0. The van der Waals surface area contributed by atoms with Crippen LogP contribution in [0.25, 0.3) is 10.9 Å². The Hall–Kier alpha value is -1.77. The summed E-state index contributed by atoms with van der Waals surface area (Å²) in [5.41, 5.74) is 2.50. The monoisotopic (exact) mass is 257 g/mol. The second-order valence-electron chi connectivity index (χ2n) is 5.61. The van der Waals surface area contributed by atoms with E-state index in [1.807, 2.05) is 6.07 Å². The number of nitrogens with one attached hydrogen (secondary N) is 1. The van der Waals surface area contributed by atoms with Crippen molar-refractivity contribution in [3.8, 4) is 0 Å². The highest BCUT2D eigenvalue weighted by molar-refractivity contribution is 5.83. The first-order valence-corrected chi connectivity index (χ1v) is 7.01. The number of para-hydroxylation sites is 1. The first-order valence-electron chi connectivity index (χ1n) is 7.01. The lowest BCUT2D eigenvalue weighted by Gasteiger charge is -2.17. The van der Waals surface area contributed by atoms with Gasteiger partial charge in [0.05, 0.1) is 0 Å². The molecule has 1 aromatic carbocycles. The van der Waals surface area contributed by atoms with Crippen LogP contribution in [0.2, 0.25) is 0 Å². The first kappa shape index (κ1) is 12.3. The van der Waals surface area contributed by atoms with Crippen LogP contribution in [-0.4, -0.2) is 16.1 Å². The lowest BCUT2D eigenvalue weighted by atomic mass is 9.87. The fraction of sp³-hybridized carbons (Fsp3) is 0.438. The van der Waals surface area contributed by atoms with Crippen LogP contribution in [0.5, 0.6) is 0 Å². The number of fused-ring (bicyclic) bond motifs is 1. The molecule has 19 heavy (non-hydrogen) atoms. The van der Waals surface area contributed by atoms with Gasteiger partial charge in [0.25, 0.3) is 0 Å². The highest BCUT2D eigenvalue weighted by atomic mass is 16.4. The largest absolute Gasteiger partial charge is 0.481 e. The Kier molecular flexibility index (Phi) is 3.28. The molecular formula is C16H19NO2. The zero-order valence-corrected chi connectivity index (χ0v) is 10.9. The van der Waals surface area contributed by atoms with Crippen LogP contribution < -0.4 is 0 Å². The van der Waals surface area contributed by atoms with Crippen molar-refractivity contribution in [2.24, 2.45) is 11.8 Å². The summed E-state index contributed by atoms with van der Waals surface area (Å²) in [6.07, 6.45) is 6.82. The van der Waals surface area contributed by atoms with E-state index < -0.39 is 5.97 Å². The van der Waals surface area contributed by atoms with E-state index in [0.717, 1.165) is 19.3 Å². The molecule has 2 unspecified atom stereocenters. The molecular weight excluding hydrogens is 238 g/mol. The van der Waals surface area contributed by atoms with Crippen LogP contribution in [0, 0.1) is 11.8 Å². The van der Waals surface area contributed by atoms with Crippen molar-refractivity contribution < 1.29 is 9.90 Å². The Morgan fingerprint density at radius 2 is 2.05 bits per heavy atom. The number of hydrogen-bond donors (Lipinski definition) is 2. The summed E-state index contributed by atoms with van der Waals surface area (Å²) in [6, 6.07) is 8.32. The van der Waals surface area contributed by atoms with E-state index in [-0.39, 0.29) is 0 Å². The number of aliphatic carboxylic acids is 1. The predicted molar refractivity (Wildman–Crippen MR) is 75.1 cm³/mol. The Morgan fingerprint density at radius 3 is 2.89 bits per heavy atom. The number of carbonyl (C=O) groups is 1. The first-order chi connectivity index (χ1) is 9.24. The molecule has 3 nitrogen and oxygen atoms in total. The van der Waals surface area contributed by atoms with E-state index in [4.69, 9.17) is 5.11 Å². The van der Waals surface area contributed by atoms with Crippen molar-refractivity contribution in [3.05, 3.63) is 36.0 Å². The molecule has 2 atom stereocenters. The van der Waals surface area contributed by atoms with Gasteiger partial charge in [-0.3, -0.25) is 4.79 Å². The fourth-order valence-corrected chi connectivity index (χ4v) is 3.46. The summed E-state index contributed by atoms with van der Waals surface area (Å²) in [5.74, 6) is 0.220. The van der Waals surface area contributed by atoms with Crippen molar-refractivity contribution in [2.45, 2.75) is 32.1 Å². The SMILES string of the molecule is O=C(O)CC1CCCC1Cc1c[nH]c2ccccc12. The van der Waals surface area contributed by atoms with Crippen molar-refractivity contribution in [2.75, 3.05) is 0 Å². The fourth-order valence-electron chi connectivity index (χ4n) is 3.46. The molecule has 0 amide bonds. The van der Waals surface area contributed by atoms with Crippen LogP contribution in [-0.2, 0) is 11.2 Å². The molecule has 1 aromatic heterocycles. The smallest absolute Gasteiger partial charge is 0.303 e. The highest BCUT2D eigenvalue weighted by Crippen LogP contribution is 2.37. The predicted octanol–water partition coefficient (Wildman–Crippen LogP) is 3.60. The molecule has 100 valence electrons. The number of aromatic amines is 1. The minimum absolute atomic E-state index is 0.326. The summed E-state index contributed by atoms with van der Waals surface area (Å²) in [5, 5.41) is 10.3. The van der Waals surface area contributed by atoms with Crippen molar-refractivity contribution in [1.29, 1.82) is 0 Å². The number of hydrogen-bond acceptors (Lipinski definition) is 1. The quantitative estimate of drug-likeness (QED) is 0.879. The second-order valence-corrected chi connectivity index (χ2v) is 5.61. The minimum Gasteiger partial charge on any atom is -0.481 e. The molecule has 2 N–H and O–H groups in total. The number of aromatic nitrogens is 1. The second kappa shape index (κ2) is 5.08. The third kappa shape index (κ3) is 2.50. The van der Waals surface area contributed by atoms with Crippen LogP contribution in [0.3, 0.4) is 0 Å². The molecule has 0 saturated heterocycles. The van der Waals surface area contributed by atoms with E-state index in [1.54, 1.807) is 0 Å². The molecule has 2 aromatic rings. The standard InChI is InChI=1S/C16H19NO2/c18-16(19)9-12-5-3-4-11(12)8-13-10-17-15-7-2-1-6-14(13)15/h1-2,6-7,10-12,17H,3-5,8-9H2,(H,18,19). The molecule has 0 aliphatic heterocycles. The van der Waals surface area contributed by atoms with Gasteiger partial charge in [0.1, 0.15) is 0 Å². The summed E-state index contributed by atoms with van der Waals surface area (Å²) in [7, 11) is 0. The van der Waals surface area contributed by atoms with Gasteiger partial charge in [-0.2, -0.15) is 0 Å². The summed E-state index contributed by atoms with van der Waals surface area (Å²) >= 11 is 0. The van der Waals surface area contributed by atoms with E-state index in [0.29, 0.717) is 18.3 Å². The normalized spacial score (nSPS) is 22.9. The Morgan fingerprint density at radius 1 is 1.26 bits per heavy atom. The highest BCUT2D eigenvalue weighted by Gasteiger charge is 2.29. The van der Waals surface area contributed by atoms with Crippen LogP contribution in [0.15, 0.2) is 30.5 Å². The molecule has 1 aliphatic carbocycles. The van der Waals surface area contributed by atoms with Crippen LogP contribution in [0.4, 0.5) is 0 Å². The van der Waals surface area contributed by atoms with Crippen molar-refractivity contribution >= 4 is 16.9 Å². The minimum atomic E-state index is -0.657. The van der Waals surface area contributed by atoms with Gasteiger partial charge in [-0.1, -0.05) is 24.6 Å². The summed E-state index contributed by atoms with van der Waals surface area (Å²) in [6.45, 7) is 0. The van der Waals surface area contributed by atoms with Gasteiger partial charge in [0.2, 0.25) is 0 Å². The van der Waals surface area contributed by atoms with Crippen LogP contribution >= 0.6 is 0 Å². The van der Waals surface area contributed by atoms with E-state index >= 15 is 0 Å². The lowest BCUT2D eigenvalue weighted by molar-refractivity contribution is -0.138. The average molecular weight is 257 g/mol. The zero-order valence-electron chi connectivity index (χ0n) is 10.9. The maximum absolute atomic E-state index is 10.9. The van der Waals surface area contributed by atoms with Gasteiger partial charge in [0, 0.05) is 23.5 Å². The molecule has 0 spiro atoms. The molecule has 1 fully saturated rings. The van der Waals surface area contributed by atoms with Gasteiger partial charge in [-0.15, -0.1) is 0 Å². The van der Waals surface area contributed by atoms with E-state index in [9.17, 15) is 4.79 Å². The molecule has 3 rings (SSSR count). The van der Waals surface area contributed by atoms with Gasteiger partial charge >= 0.3 is 5.97 Å². The Bertz CT molecular complexity index is 587. The topological polar surface area (TPSA) is 53.1 Å². The Balaban J connectivity index is 1.78.